The number of para-hydroxylation sites is 1. The Hall–Kier alpha value is -3.06. The fourth-order valence-electron chi connectivity index (χ4n) is 3.67. The first kappa shape index (κ1) is 19.3. The third-order valence-corrected chi connectivity index (χ3v) is 5.11. The molecule has 0 spiro atoms. The Balaban J connectivity index is 1.41. The van der Waals surface area contributed by atoms with Gasteiger partial charge < -0.3 is 10.2 Å². The summed E-state index contributed by atoms with van der Waals surface area (Å²) in [6.45, 7) is 4.92. The van der Waals surface area contributed by atoms with Crippen molar-refractivity contribution >= 4 is 28.2 Å². The maximum Gasteiger partial charge on any atom is 0.238 e. The Morgan fingerprint density at radius 2 is 1.83 bits per heavy atom. The highest BCUT2D eigenvalue weighted by Crippen LogP contribution is 2.28. The Kier molecular flexibility index (Phi) is 5.40. The number of benzene rings is 2. The number of anilines is 2. The van der Waals surface area contributed by atoms with Crippen molar-refractivity contribution in [3.05, 3.63) is 65.9 Å². The Morgan fingerprint density at radius 1 is 1.07 bits per heavy atom. The van der Waals surface area contributed by atoms with E-state index in [9.17, 15) is 13.6 Å². The van der Waals surface area contributed by atoms with Gasteiger partial charge in [-0.3, -0.25) is 14.7 Å². The summed E-state index contributed by atoms with van der Waals surface area (Å²) in [5.41, 5.74) is 2.80. The molecule has 1 aliphatic heterocycles. The highest BCUT2D eigenvalue weighted by molar-refractivity contribution is 5.93. The van der Waals surface area contributed by atoms with Crippen LogP contribution < -0.4 is 10.2 Å². The first-order valence-corrected chi connectivity index (χ1v) is 9.58. The molecule has 1 aromatic heterocycles. The van der Waals surface area contributed by atoms with Crippen molar-refractivity contribution < 1.29 is 13.6 Å². The Bertz CT molecular complexity index is 1050. The van der Waals surface area contributed by atoms with Crippen LogP contribution in [0.15, 0.2) is 48.5 Å². The maximum absolute atomic E-state index is 13.8. The molecule has 1 N–H and O–H groups in total. The molecule has 1 aliphatic rings. The number of aromatic nitrogens is 1. The summed E-state index contributed by atoms with van der Waals surface area (Å²) >= 11 is 0. The third kappa shape index (κ3) is 4.35. The predicted molar refractivity (Wildman–Crippen MR) is 110 cm³/mol. The molecule has 0 atom stereocenters. The number of rotatable bonds is 4. The Labute approximate surface area is 168 Å². The first-order valence-electron chi connectivity index (χ1n) is 9.58. The van der Waals surface area contributed by atoms with Crippen molar-refractivity contribution in [2.75, 3.05) is 42.9 Å². The molecule has 29 heavy (non-hydrogen) atoms. The zero-order valence-corrected chi connectivity index (χ0v) is 16.2. The second-order valence-corrected chi connectivity index (χ2v) is 7.24. The van der Waals surface area contributed by atoms with Crippen LogP contribution in [0.1, 0.15) is 5.69 Å². The number of amides is 1. The van der Waals surface area contributed by atoms with Gasteiger partial charge in [0.15, 0.2) is 0 Å². The number of carbonyl (C=O) groups is 1. The van der Waals surface area contributed by atoms with E-state index in [4.69, 9.17) is 0 Å². The lowest BCUT2D eigenvalue weighted by Crippen LogP contribution is -2.48. The van der Waals surface area contributed by atoms with Gasteiger partial charge in [0.1, 0.15) is 11.6 Å². The first-order chi connectivity index (χ1) is 14.0. The summed E-state index contributed by atoms with van der Waals surface area (Å²) in [5.74, 6) is -0.971. The minimum Gasteiger partial charge on any atom is -0.368 e. The summed E-state index contributed by atoms with van der Waals surface area (Å²) in [4.78, 5) is 21.0. The fraction of sp³-hybridized carbons (Fsp3) is 0.273. The van der Waals surface area contributed by atoms with E-state index >= 15 is 0 Å². The summed E-state index contributed by atoms with van der Waals surface area (Å²) < 4.78 is 27.5. The number of carbonyl (C=O) groups excluding carboxylic acids is 1. The highest BCUT2D eigenvalue weighted by atomic mass is 19.1. The SMILES string of the molecule is Cc1cc(N2CCN(CC(=O)Nc3ccccc3F)CC2)c2cc(F)ccc2n1. The van der Waals surface area contributed by atoms with Gasteiger partial charge in [0, 0.05) is 42.9 Å². The molecule has 0 unspecified atom stereocenters. The molecular weight excluding hydrogens is 374 g/mol. The molecule has 5 nitrogen and oxygen atoms in total. The van der Waals surface area contributed by atoms with Gasteiger partial charge in [-0.1, -0.05) is 12.1 Å². The number of nitrogens with zero attached hydrogens (tertiary/aromatic N) is 3. The van der Waals surface area contributed by atoms with Gasteiger partial charge >= 0.3 is 0 Å². The summed E-state index contributed by atoms with van der Waals surface area (Å²) in [5, 5.41) is 3.41. The van der Waals surface area contributed by atoms with Gasteiger partial charge in [0.25, 0.3) is 0 Å². The number of piperazine rings is 1. The number of pyridine rings is 1. The molecule has 1 amide bonds. The van der Waals surface area contributed by atoms with E-state index in [1.165, 1.54) is 18.2 Å². The second kappa shape index (κ2) is 8.13. The molecule has 0 radical (unpaired) electrons. The lowest BCUT2D eigenvalue weighted by molar-refractivity contribution is -0.117. The van der Waals surface area contributed by atoms with E-state index in [0.717, 1.165) is 22.3 Å². The molecule has 0 aliphatic carbocycles. The zero-order chi connectivity index (χ0) is 20.4. The van der Waals surface area contributed by atoms with E-state index in [0.29, 0.717) is 26.2 Å². The van der Waals surface area contributed by atoms with Crippen LogP contribution in [0, 0.1) is 18.6 Å². The predicted octanol–water partition coefficient (Wildman–Crippen LogP) is 3.58. The van der Waals surface area contributed by atoms with Gasteiger partial charge in [-0.15, -0.1) is 0 Å². The summed E-state index contributed by atoms with van der Waals surface area (Å²) in [7, 11) is 0. The molecule has 1 saturated heterocycles. The van der Waals surface area contributed by atoms with Gasteiger partial charge in [0.2, 0.25) is 5.91 Å². The number of halogens is 2. The minimum atomic E-state index is -0.446. The van der Waals surface area contributed by atoms with E-state index in [-0.39, 0.29) is 24.0 Å². The molecular formula is C22H22F2N4O. The summed E-state index contributed by atoms with van der Waals surface area (Å²) in [6, 6.07) is 12.7. The molecule has 150 valence electrons. The molecule has 7 heteroatoms. The van der Waals surface area contributed by atoms with E-state index < -0.39 is 5.82 Å². The van der Waals surface area contributed by atoms with Gasteiger partial charge in [-0.2, -0.15) is 0 Å². The van der Waals surface area contributed by atoms with Crippen LogP contribution in [0.5, 0.6) is 0 Å². The van der Waals surface area contributed by atoms with Crippen LogP contribution in [0.2, 0.25) is 0 Å². The van der Waals surface area contributed by atoms with Crippen LogP contribution in [-0.4, -0.2) is 48.5 Å². The molecule has 0 bridgehead atoms. The minimum absolute atomic E-state index is 0.192. The smallest absolute Gasteiger partial charge is 0.238 e. The van der Waals surface area contributed by atoms with Crippen LogP contribution in [0.3, 0.4) is 0 Å². The third-order valence-electron chi connectivity index (χ3n) is 5.11. The van der Waals surface area contributed by atoms with E-state index in [1.54, 1.807) is 24.3 Å². The average Bonchev–Trinajstić information content (AvgIpc) is 2.70. The van der Waals surface area contributed by atoms with Crippen molar-refractivity contribution in [1.29, 1.82) is 0 Å². The van der Waals surface area contributed by atoms with Crippen molar-refractivity contribution in [2.45, 2.75) is 6.92 Å². The Morgan fingerprint density at radius 3 is 2.59 bits per heavy atom. The largest absolute Gasteiger partial charge is 0.368 e. The van der Waals surface area contributed by atoms with Gasteiger partial charge in [-0.25, -0.2) is 8.78 Å². The number of hydrogen-bond acceptors (Lipinski definition) is 4. The van der Waals surface area contributed by atoms with Crippen molar-refractivity contribution in [1.82, 2.24) is 9.88 Å². The van der Waals surface area contributed by atoms with Gasteiger partial charge in [-0.05, 0) is 43.3 Å². The van der Waals surface area contributed by atoms with Crippen molar-refractivity contribution in [2.24, 2.45) is 0 Å². The summed E-state index contributed by atoms with van der Waals surface area (Å²) in [6.07, 6.45) is 0. The standard InChI is InChI=1S/C22H22F2N4O/c1-15-12-21(17-13-16(23)6-7-19(17)25-15)28-10-8-27(9-11-28)14-22(29)26-20-5-3-2-4-18(20)24/h2-7,12-13H,8-11,14H2,1H3,(H,26,29). The van der Waals surface area contributed by atoms with E-state index in [1.807, 2.05) is 17.9 Å². The van der Waals surface area contributed by atoms with Crippen molar-refractivity contribution in [3.63, 3.8) is 0 Å². The molecule has 4 rings (SSSR count). The second-order valence-electron chi connectivity index (χ2n) is 7.24. The van der Waals surface area contributed by atoms with Crippen LogP contribution >= 0.6 is 0 Å². The number of fused-ring (bicyclic) bond motifs is 1. The van der Waals surface area contributed by atoms with Crippen LogP contribution in [-0.2, 0) is 4.79 Å². The zero-order valence-electron chi connectivity index (χ0n) is 16.2. The lowest BCUT2D eigenvalue weighted by atomic mass is 10.1. The monoisotopic (exact) mass is 396 g/mol. The van der Waals surface area contributed by atoms with Gasteiger partial charge in [0.05, 0.1) is 17.7 Å². The maximum atomic E-state index is 13.8. The highest BCUT2D eigenvalue weighted by Gasteiger charge is 2.21. The van der Waals surface area contributed by atoms with Crippen LogP contribution in [0.4, 0.5) is 20.2 Å². The molecule has 0 saturated carbocycles. The topological polar surface area (TPSA) is 48.5 Å². The lowest BCUT2D eigenvalue weighted by Gasteiger charge is -2.36. The fourth-order valence-corrected chi connectivity index (χ4v) is 3.67. The molecule has 2 aromatic carbocycles. The normalized spacial score (nSPS) is 14.9. The van der Waals surface area contributed by atoms with E-state index in [2.05, 4.69) is 15.2 Å². The molecule has 2 heterocycles. The number of aryl methyl sites for hydroxylation is 1. The number of hydrogen-bond donors (Lipinski definition) is 1. The number of nitrogens with one attached hydrogen (secondary N) is 1. The molecule has 1 fully saturated rings. The quantitative estimate of drug-likeness (QED) is 0.732. The average molecular weight is 396 g/mol. The molecule has 3 aromatic rings. The van der Waals surface area contributed by atoms with Crippen LogP contribution in [0.25, 0.3) is 10.9 Å². The van der Waals surface area contributed by atoms with Crippen molar-refractivity contribution in [3.8, 4) is 0 Å².